The number of benzene rings is 2. The number of hydrogen-bond acceptors (Lipinski definition) is 7. The van der Waals surface area contributed by atoms with Crippen molar-refractivity contribution >= 4 is 23.1 Å². The summed E-state index contributed by atoms with van der Waals surface area (Å²) in [7, 11) is 2.98. The molecule has 33 heavy (non-hydrogen) atoms. The Hall–Kier alpha value is -4.20. The third-order valence-electron chi connectivity index (χ3n) is 5.32. The van der Waals surface area contributed by atoms with Crippen LogP contribution in [-0.4, -0.2) is 37.6 Å². The van der Waals surface area contributed by atoms with Gasteiger partial charge in [-0.25, -0.2) is 0 Å². The molecule has 1 unspecified atom stereocenters. The highest BCUT2D eigenvalue weighted by molar-refractivity contribution is 6.51. The molecule has 1 aliphatic heterocycles. The molecule has 3 aromatic rings. The summed E-state index contributed by atoms with van der Waals surface area (Å²) in [6.45, 7) is 2.29. The van der Waals surface area contributed by atoms with E-state index in [9.17, 15) is 14.7 Å². The van der Waals surface area contributed by atoms with E-state index in [-0.39, 0.29) is 11.3 Å². The number of aliphatic hydroxyl groups excluding tert-OH is 1. The second-order valence-electron chi connectivity index (χ2n) is 7.18. The Morgan fingerprint density at radius 1 is 1.03 bits per heavy atom. The van der Waals surface area contributed by atoms with Crippen molar-refractivity contribution in [2.75, 3.05) is 25.7 Å². The zero-order valence-electron chi connectivity index (χ0n) is 18.4. The highest BCUT2D eigenvalue weighted by atomic mass is 16.5. The average molecular weight is 449 g/mol. The molecule has 0 saturated carbocycles. The van der Waals surface area contributed by atoms with Crippen molar-refractivity contribution in [1.29, 1.82) is 0 Å². The number of carbonyl (C=O) groups excluding carboxylic acids is 2. The summed E-state index contributed by atoms with van der Waals surface area (Å²) in [5.41, 5.74) is 0.652. The van der Waals surface area contributed by atoms with Crippen LogP contribution in [0.1, 0.15) is 24.3 Å². The topological polar surface area (TPSA) is 98.4 Å². The van der Waals surface area contributed by atoms with Crippen LogP contribution in [0.3, 0.4) is 0 Å². The summed E-state index contributed by atoms with van der Waals surface area (Å²) in [5, 5.41) is 11.2. The van der Waals surface area contributed by atoms with Gasteiger partial charge in [0, 0.05) is 17.3 Å². The Morgan fingerprint density at radius 2 is 1.82 bits per heavy atom. The molecule has 0 bridgehead atoms. The first-order valence-corrected chi connectivity index (χ1v) is 10.3. The molecule has 2 heterocycles. The van der Waals surface area contributed by atoms with E-state index in [1.54, 1.807) is 54.6 Å². The number of anilines is 1. The fourth-order valence-electron chi connectivity index (χ4n) is 3.84. The predicted molar refractivity (Wildman–Crippen MR) is 121 cm³/mol. The molecule has 1 aliphatic rings. The summed E-state index contributed by atoms with van der Waals surface area (Å²) >= 11 is 0. The number of Topliss-reactive ketones (excluding diaryl/α,β-unsaturated/α-hetero) is 1. The number of nitrogens with zero attached hydrogens (tertiary/aromatic N) is 1. The van der Waals surface area contributed by atoms with Gasteiger partial charge >= 0.3 is 0 Å². The average Bonchev–Trinajstić information content (AvgIpc) is 3.45. The Labute approximate surface area is 190 Å². The lowest BCUT2D eigenvalue weighted by Gasteiger charge is -2.24. The third-order valence-corrected chi connectivity index (χ3v) is 5.32. The molecule has 0 radical (unpaired) electrons. The number of methoxy groups -OCH3 is 2. The molecular formula is C25H23NO7. The predicted octanol–water partition coefficient (Wildman–Crippen LogP) is 4.32. The molecule has 0 aliphatic carbocycles. The van der Waals surface area contributed by atoms with Crippen molar-refractivity contribution < 1.29 is 33.3 Å². The lowest BCUT2D eigenvalue weighted by Crippen LogP contribution is -2.29. The molecule has 4 rings (SSSR count). The van der Waals surface area contributed by atoms with Gasteiger partial charge in [0.05, 0.1) is 32.7 Å². The summed E-state index contributed by atoms with van der Waals surface area (Å²) in [5.74, 6) is -0.229. The normalized spacial score (nSPS) is 17.3. The maximum Gasteiger partial charge on any atom is 0.300 e. The monoisotopic (exact) mass is 449 g/mol. The van der Waals surface area contributed by atoms with Crippen molar-refractivity contribution in [2.45, 2.75) is 13.0 Å². The number of hydrogen-bond donors (Lipinski definition) is 1. The van der Waals surface area contributed by atoms with Gasteiger partial charge in [0.2, 0.25) is 0 Å². The van der Waals surface area contributed by atoms with Crippen molar-refractivity contribution in [1.82, 2.24) is 0 Å². The maximum atomic E-state index is 13.2. The number of ether oxygens (including phenoxy) is 3. The third kappa shape index (κ3) is 3.91. The van der Waals surface area contributed by atoms with E-state index in [2.05, 4.69) is 0 Å². The standard InChI is InChI=1S/C25H23NO7/c1-4-32-17-8-5-7-15(13-17)23(27)21-22(19-9-6-12-33-19)26(25(29)24(21)28)16-10-11-18(30-2)20(14-16)31-3/h5-14,22,27H,4H2,1-3H3/b23-21-. The van der Waals surface area contributed by atoms with Gasteiger partial charge in [0.15, 0.2) is 11.5 Å². The van der Waals surface area contributed by atoms with Crippen LogP contribution in [-0.2, 0) is 9.59 Å². The number of aliphatic hydroxyl groups is 1. The zero-order chi connectivity index (χ0) is 23.5. The van der Waals surface area contributed by atoms with E-state index in [1.807, 2.05) is 6.92 Å². The minimum atomic E-state index is -0.978. The highest BCUT2D eigenvalue weighted by Crippen LogP contribution is 2.44. The SMILES string of the molecule is CCOc1cccc(/C(O)=C2/C(=O)C(=O)N(c3ccc(OC)c(OC)c3)C2c2ccco2)c1. The largest absolute Gasteiger partial charge is 0.507 e. The molecule has 1 atom stereocenters. The van der Waals surface area contributed by atoms with E-state index < -0.39 is 17.7 Å². The quantitative estimate of drug-likeness (QED) is 0.326. The summed E-state index contributed by atoms with van der Waals surface area (Å²) in [6.07, 6.45) is 1.44. The number of amides is 1. The maximum absolute atomic E-state index is 13.2. The Balaban J connectivity index is 1.89. The number of carbonyl (C=O) groups is 2. The van der Waals surface area contributed by atoms with Crippen molar-refractivity contribution in [2.24, 2.45) is 0 Å². The summed E-state index contributed by atoms with van der Waals surface area (Å²) in [4.78, 5) is 27.6. The van der Waals surface area contributed by atoms with E-state index in [0.717, 1.165) is 0 Å². The van der Waals surface area contributed by atoms with Crippen molar-refractivity contribution in [3.63, 3.8) is 0 Å². The molecule has 1 aromatic heterocycles. The van der Waals surface area contributed by atoms with Gasteiger partial charge in [-0.05, 0) is 43.3 Å². The molecule has 1 fully saturated rings. The first-order valence-electron chi connectivity index (χ1n) is 10.3. The zero-order valence-corrected chi connectivity index (χ0v) is 18.4. The van der Waals surface area contributed by atoms with E-state index in [4.69, 9.17) is 18.6 Å². The Bertz CT molecular complexity index is 1210. The minimum absolute atomic E-state index is 0.0848. The van der Waals surface area contributed by atoms with Crippen LogP contribution in [0, 0.1) is 0 Å². The fraction of sp³-hybridized carbons (Fsp3) is 0.200. The van der Waals surface area contributed by atoms with Crippen LogP contribution in [0.25, 0.3) is 5.76 Å². The Kier molecular flexibility index (Phi) is 6.08. The van der Waals surface area contributed by atoms with Gasteiger partial charge in [-0.1, -0.05) is 12.1 Å². The second kappa shape index (κ2) is 9.12. The molecule has 1 saturated heterocycles. The van der Waals surface area contributed by atoms with Gasteiger partial charge < -0.3 is 23.7 Å². The lowest BCUT2D eigenvalue weighted by molar-refractivity contribution is -0.132. The van der Waals surface area contributed by atoms with E-state index >= 15 is 0 Å². The van der Waals surface area contributed by atoms with Gasteiger partial charge in [-0.3, -0.25) is 14.5 Å². The summed E-state index contributed by atoms with van der Waals surface area (Å²) in [6, 6.07) is 13.9. The van der Waals surface area contributed by atoms with E-state index in [0.29, 0.717) is 40.9 Å². The molecule has 8 nitrogen and oxygen atoms in total. The molecule has 1 amide bonds. The first-order chi connectivity index (χ1) is 16.0. The highest BCUT2D eigenvalue weighted by Gasteiger charge is 2.48. The van der Waals surface area contributed by atoms with Crippen LogP contribution in [0.4, 0.5) is 5.69 Å². The number of furan rings is 1. The number of rotatable bonds is 7. The molecule has 170 valence electrons. The van der Waals surface area contributed by atoms with Gasteiger partial charge in [-0.15, -0.1) is 0 Å². The van der Waals surface area contributed by atoms with E-state index in [1.165, 1.54) is 25.4 Å². The smallest absolute Gasteiger partial charge is 0.300 e. The molecule has 2 aromatic carbocycles. The summed E-state index contributed by atoms with van der Waals surface area (Å²) < 4.78 is 21.7. The molecule has 0 spiro atoms. The van der Waals surface area contributed by atoms with Gasteiger partial charge in [0.25, 0.3) is 11.7 Å². The van der Waals surface area contributed by atoms with Crippen LogP contribution < -0.4 is 19.1 Å². The number of ketones is 1. The van der Waals surface area contributed by atoms with Crippen LogP contribution in [0.5, 0.6) is 17.2 Å². The van der Waals surface area contributed by atoms with Crippen LogP contribution in [0.15, 0.2) is 70.9 Å². The second-order valence-corrected chi connectivity index (χ2v) is 7.18. The molecule has 1 N–H and O–H groups in total. The van der Waals surface area contributed by atoms with Crippen molar-refractivity contribution in [3.05, 3.63) is 77.8 Å². The lowest BCUT2D eigenvalue weighted by atomic mass is 9.99. The minimum Gasteiger partial charge on any atom is -0.507 e. The van der Waals surface area contributed by atoms with Crippen molar-refractivity contribution in [3.8, 4) is 17.2 Å². The Morgan fingerprint density at radius 3 is 2.48 bits per heavy atom. The molecular weight excluding hydrogens is 426 g/mol. The van der Waals surface area contributed by atoms with Crippen LogP contribution >= 0.6 is 0 Å². The molecule has 8 heteroatoms. The van der Waals surface area contributed by atoms with Crippen LogP contribution in [0.2, 0.25) is 0 Å². The first kappa shape index (κ1) is 22.0. The van der Waals surface area contributed by atoms with Gasteiger partial charge in [0.1, 0.15) is 23.3 Å². The van der Waals surface area contributed by atoms with Gasteiger partial charge in [-0.2, -0.15) is 0 Å². The fourth-order valence-corrected chi connectivity index (χ4v) is 3.84.